The largest absolute Gasteiger partial charge is 0.429 e. The van der Waals surface area contributed by atoms with Gasteiger partial charge in [-0.3, -0.25) is 4.79 Å². The van der Waals surface area contributed by atoms with Crippen LogP contribution in [0.4, 0.5) is 4.79 Å². The van der Waals surface area contributed by atoms with Gasteiger partial charge in [-0.2, -0.15) is 0 Å². The van der Waals surface area contributed by atoms with Crippen molar-refractivity contribution < 1.29 is 27.5 Å². The number of benzene rings is 3. The number of nitrogens with zero attached hydrogens (tertiary/aromatic N) is 2. The predicted molar refractivity (Wildman–Crippen MR) is 150 cm³/mol. The van der Waals surface area contributed by atoms with Gasteiger partial charge in [0.25, 0.3) is 10.0 Å². The molecule has 0 aliphatic rings. The van der Waals surface area contributed by atoms with Gasteiger partial charge in [0.15, 0.2) is 11.4 Å². The minimum absolute atomic E-state index is 0.103. The molecule has 1 heterocycles. The first-order chi connectivity index (χ1) is 19.2. The molecule has 0 unspecified atom stereocenters. The number of hydrogen-bond donors (Lipinski definition) is 1. The number of sulfonamides is 1. The van der Waals surface area contributed by atoms with Gasteiger partial charge in [-0.05, 0) is 35.7 Å². The maximum absolute atomic E-state index is 13.1. The molecule has 11 heteroatoms. The van der Waals surface area contributed by atoms with Gasteiger partial charge in [0, 0.05) is 18.5 Å². The van der Waals surface area contributed by atoms with E-state index in [-0.39, 0.29) is 15.6 Å². The van der Waals surface area contributed by atoms with E-state index < -0.39 is 22.1 Å². The molecule has 0 saturated heterocycles. The Bertz CT molecular complexity index is 1630. The summed E-state index contributed by atoms with van der Waals surface area (Å²) in [4.78, 5) is 40.2. The Balaban J connectivity index is 1.54. The summed E-state index contributed by atoms with van der Waals surface area (Å²) in [5.74, 6) is -0.259. The summed E-state index contributed by atoms with van der Waals surface area (Å²) >= 11 is 6.18. The molecule has 4 aromatic rings. The van der Waals surface area contributed by atoms with Crippen molar-refractivity contribution in [1.82, 2.24) is 14.3 Å². The van der Waals surface area contributed by atoms with Crippen LogP contribution in [-0.2, 0) is 27.7 Å². The lowest BCUT2D eigenvalue weighted by molar-refractivity contribution is 0.0632. The number of aldehydes is 1. The Labute approximate surface area is 236 Å². The van der Waals surface area contributed by atoms with E-state index in [1.165, 1.54) is 24.3 Å². The number of carbonyl (C=O) groups is 3. The lowest BCUT2D eigenvalue weighted by Gasteiger charge is -2.13. The van der Waals surface area contributed by atoms with Crippen molar-refractivity contribution in [2.24, 2.45) is 0 Å². The van der Waals surface area contributed by atoms with Gasteiger partial charge in [-0.1, -0.05) is 85.6 Å². The molecule has 0 fully saturated rings. The fourth-order valence-electron chi connectivity index (χ4n) is 4.11. The Morgan fingerprint density at radius 3 is 2.35 bits per heavy atom. The van der Waals surface area contributed by atoms with Gasteiger partial charge in [-0.25, -0.2) is 27.7 Å². The Hall–Kier alpha value is -4.28. The standard InChI is InChI=1S/C29H26ClN3O6S/c1-2-3-13-26-31-27(30)24(19-34)33(26)18-20-14-16-21(17-15-20)23-11-7-8-12-25(23)40(37,38)32-29(36)39-28(35)22-9-5-4-6-10-22/h4-12,14-17,19H,2-3,13,18H2,1H3,(H,32,36). The number of halogens is 1. The highest BCUT2D eigenvalue weighted by molar-refractivity contribution is 7.90. The van der Waals surface area contributed by atoms with Crippen LogP contribution in [0, 0.1) is 0 Å². The molecule has 0 aliphatic carbocycles. The van der Waals surface area contributed by atoms with Gasteiger partial charge in [0.05, 0.1) is 10.5 Å². The van der Waals surface area contributed by atoms with E-state index in [4.69, 9.17) is 11.6 Å². The minimum atomic E-state index is -4.39. The number of amides is 1. The summed E-state index contributed by atoms with van der Waals surface area (Å²) in [6, 6.07) is 21.0. The molecule has 1 N–H and O–H groups in total. The molecule has 0 aliphatic heterocycles. The number of nitrogens with one attached hydrogen (secondary N) is 1. The lowest BCUT2D eigenvalue weighted by Crippen LogP contribution is -2.33. The second-order valence-electron chi connectivity index (χ2n) is 8.85. The minimum Gasteiger partial charge on any atom is -0.372 e. The molecule has 1 amide bonds. The summed E-state index contributed by atoms with van der Waals surface area (Å²) < 4.78 is 34.4. The van der Waals surface area contributed by atoms with Gasteiger partial charge >= 0.3 is 12.1 Å². The molecule has 4 rings (SSSR count). The number of aromatic nitrogens is 2. The predicted octanol–water partition coefficient (Wildman–Crippen LogP) is 5.66. The zero-order valence-corrected chi connectivity index (χ0v) is 23.1. The summed E-state index contributed by atoms with van der Waals surface area (Å²) in [6.45, 7) is 2.42. The average molecular weight is 580 g/mol. The number of esters is 1. The highest BCUT2D eigenvalue weighted by atomic mass is 35.5. The Morgan fingerprint density at radius 2 is 1.68 bits per heavy atom. The average Bonchev–Trinajstić information content (AvgIpc) is 3.25. The molecule has 40 heavy (non-hydrogen) atoms. The van der Waals surface area contributed by atoms with Crippen molar-refractivity contribution in [3.8, 4) is 11.1 Å². The third-order valence-corrected chi connectivity index (χ3v) is 7.75. The molecular weight excluding hydrogens is 554 g/mol. The van der Waals surface area contributed by atoms with Crippen molar-refractivity contribution in [1.29, 1.82) is 0 Å². The fourth-order valence-corrected chi connectivity index (χ4v) is 5.46. The van der Waals surface area contributed by atoms with Crippen molar-refractivity contribution in [3.05, 3.63) is 107 Å². The molecule has 0 atom stereocenters. The molecule has 9 nitrogen and oxygen atoms in total. The first-order valence-electron chi connectivity index (χ1n) is 12.5. The highest BCUT2D eigenvalue weighted by Gasteiger charge is 2.24. The first-order valence-corrected chi connectivity index (χ1v) is 14.3. The number of ether oxygens (including phenoxy) is 1. The van der Waals surface area contributed by atoms with E-state index in [1.807, 2.05) is 12.1 Å². The number of rotatable bonds is 10. The Kier molecular flexibility index (Phi) is 9.13. The molecule has 0 saturated carbocycles. The van der Waals surface area contributed by atoms with E-state index in [0.717, 1.165) is 24.2 Å². The highest BCUT2D eigenvalue weighted by Crippen LogP contribution is 2.28. The normalized spacial score (nSPS) is 11.2. The SMILES string of the molecule is CCCCc1nc(Cl)c(C=O)n1Cc1ccc(-c2ccccc2S(=O)(=O)NC(=O)OC(=O)c2ccccc2)cc1. The monoisotopic (exact) mass is 579 g/mol. The Morgan fingerprint density at radius 1 is 1.00 bits per heavy atom. The fraction of sp³-hybridized carbons (Fsp3) is 0.172. The van der Waals surface area contributed by atoms with Crippen LogP contribution in [0.15, 0.2) is 83.8 Å². The molecule has 3 aromatic carbocycles. The van der Waals surface area contributed by atoms with Gasteiger partial charge < -0.3 is 9.30 Å². The summed E-state index contributed by atoms with van der Waals surface area (Å²) in [5, 5.41) is 0.161. The van der Waals surface area contributed by atoms with E-state index in [2.05, 4.69) is 16.6 Å². The third kappa shape index (κ3) is 6.64. The number of imidazole rings is 1. The van der Waals surface area contributed by atoms with Crippen LogP contribution in [-0.4, -0.2) is 36.3 Å². The number of aryl methyl sites for hydroxylation is 1. The molecule has 0 radical (unpaired) electrons. The zero-order chi connectivity index (χ0) is 28.7. The van der Waals surface area contributed by atoms with Crippen LogP contribution in [0.3, 0.4) is 0 Å². The molecule has 206 valence electrons. The van der Waals surface area contributed by atoms with E-state index in [0.29, 0.717) is 36.1 Å². The van der Waals surface area contributed by atoms with E-state index >= 15 is 0 Å². The maximum atomic E-state index is 13.1. The van der Waals surface area contributed by atoms with Crippen LogP contribution >= 0.6 is 11.6 Å². The molecule has 0 bridgehead atoms. The van der Waals surface area contributed by atoms with Crippen LogP contribution in [0.1, 0.15) is 52.0 Å². The molecular formula is C29H26ClN3O6S. The van der Waals surface area contributed by atoms with E-state index in [9.17, 15) is 22.8 Å². The zero-order valence-electron chi connectivity index (χ0n) is 21.5. The maximum Gasteiger partial charge on any atom is 0.429 e. The lowest BCUT2D eigenvalue weighted by atomic mass is 10.0. The van der Waals surface area contributed by atoms with Gasteiger partial charge in [0.1, 0.15) is 11.5 Å². The van der Waals surface area contributed by atoms with E-state index in [1.54, 1.807) is 51.8 Å². The second kappa shape index (κ2) is 12.7. The topological polar surface area (TPSA) is 124 Å². The van der Waals surface area contributed by atoms with Crippen LogP contribution in [0.2, 0.25) is 5.15 Å². The van der Waals surface area contributed by atoms with Crippen molar-refractivity contribution >= 4 is 40.0 Å². The summed E-state index contributed by atoms with van der Waals surface area (Å²) in [7, 11) is -4.39. The van der Waals surface area contributed by atoms with Crippen LogP contribution in [0.25, 0.3) is 11.1 Å². The smallest absolute Gasteiger partial charge is 0.372 e. The summed E-state index contributed by atoms with van der Waals surface area (Å²) in [5.41, 5.74) is 2.17. The first kappa shape index (κ1) is 28.7. The quantitative estimate of drug-likeness (QED) is 0.146. The van der Waals surface area contributed by atoms with Crippen LogP contribution < -0.4 is 4.72 Å². The van der Waals surface area contributed by atoms with Crippen LogP contribution in [0.5, 0.6) is 0 Å². The van der Waals surface area contributed by atoms with Crippen molar-refractivity contribution in [2.75, 3.05) is 0 Å². The number of carbonyl (C=O) groups excluding carboxylic acids is 3. The van der Waals surface area contributed by atoms with Crippen molar-refractivity contribution in [3.63, 3.8) is 0 Å². The second-order valence-corrected chi connectivity index (χ2v) is 10.9. The van der Waals surface area contributed by atoms with Gasteiger partial charge in [-0.15, -0.1) is 0 Å². The molecule has 1 aromatic heterocycles. The van der Waals surface area contributed by atoms with Gasteiger partial charge in [0.2, 0.25) is 0 Å². The third-order valence-electron chi connectivity index (χ3n) is 6.10. The number of unbranched alkanes of at least 4 members (excludes halogenated alkanes) is 1. The van der Waals surface area contributed by atoms with Crippen molar-refractivity contribution in [2.45, 2.75) is 37.6 Å². The number of hydrogen-bond acceptors (Lipinski definition) is 7. The summed E-state index contributed by atoms with van der Waals surface area (Å²) in [6.07, 6.45) is 1.82. The molecule has 0 spiro atoms.